The van der Waals surface area contributed by atoms with Crippen LogP contribution < -0.4 is 5.32 Å². The molecule has 0 radical (unpaired) electrons. The zero-order chi connectivity index (χ0) is 8.48. The van der Waals surface area contributed by atoms with Crippen LogP contribution in [-0.2, 0) is 14.3 Å². The van der Waals surface area contributed by atoms with Gasteiger partial charge in [-0.05, 0) is 6.92 Å². The quantitative estimate of drug-likeness (QED) is 0.513. The first-order chi connectivity index (χ1) is 5.04. The van der Waals surface area contributed by atoms with Crippen molar-refractivity contribution in [2.75, 3.05) is 13.2 Å². The van der Waals surface area contributed by atoms with Crippen molar-refractivity contribution < 1.29 is 19.4 Å². The molecular formula is C6H9NO4. The van der Waals surface area contributed by atoms with Crippen molar-refractivity contribution in [1.29, 1.82) is 0 Å². The maximum Gasteiger partial charge on any atom is 0.331 e. The molecule has 0 aliphatic carbocycles. The third-order valence-corrected chi connectivity index (χ3v) is 1.51. The minimum atomic E-state index is -1.25. The van der Waals surface area contributed by atoms with E-state index in [1.807, 2.05) is 0 Å². The van der Waals surface area contributed by atoms with Gasteiger partial charge in [0.15, 0.2) is 5.54 Å². The Labute approximate surface area is 63.3 Å². The van der Waals surface area contributed by atoms with Gasteiger partial charge in [-0.1, -0.05) is 0 Å². The van der Waals surface area contributed by atoms with Crippen LogP contribution in [0.4, 0.5) is 0 Å². The van der Waals surface area contributed by atoms with Crippen molar-refractivity contribution in [2.24, 2.45) is 0 Å². The van der Waals surface area contributed by atoms with Crippen molar-refractivity contribution in [3.05, 3.63) is 0 Å². The van der Waals surface area contributed by atoms with E-state index >= 15 is 0 Å². The number of hydrogen-bond acceptors (Lipinski definition) is 3. The lowest BCUT2D eigenvalue weighted by atomic mass is 10.0. The van der Waals surface area contributed by atoms with Crippen LogP contribution in [0.5, 0.6) is 0 Å². The second-order valence-corrected chi connectivity index (χ2v) is 2.68. The molecule has 1 saturated heterocycles. The summed E-state index contributed by atoms with van der Waals surface area (Å²) in [7, 11) is 0. The lowest BCUT2D eigenvalue weighted by Gasteiger charge is -2.29. The Morgan fingerprint density at radius 1 is 1.82 bits per heavy atom. The van der Waals surface area contributed by atoms with E-state index in [0.717, 1.165) is 0 Å². The summed E-state index contributed by atoms with van der Waals surface area (Å²) in [5.74, 6) is -1.47. The third-order valence-electron chi connectivity index (χ3n) is 1.51. The van der Waals surface area contributed by atoms with E-state index in [2.05, 4.69) is 5.32 Å². The highest BCUT2D eigenvalue weighted by molar-refractivity contribution is 5.88. The van der Waals surface area contributed by atoms with E-state index in [4.69, 9.17) is 9.84 Å². The van der Waals surface area contributed by atoms with Gasteiger partial charge in [0.25, 0.3) is 0 Å². The molecule has 0 aromatic heterocycles. The van der Waals surface area contributed by atoms with E-state index in [9.17, 15) is 9.59 Å². The summed E-state index contributed by atoms with van der Waals surface area (Å²) in [6, 6.07) is 0. The predicted octanol–water partition coefficient (Wildman–Crippen LogP) is -1.02. The number of rotatable bonds is 1. The first-order valence-corrected chi connectivity index (χ1v) is 3.17. The van der Waals surface area contributed by atoms with Crippen LogP contribution >= 0.6 is 0 Å². The fourth-order valence-electron chi connectivity index (χ4n) is 0.843. The molecule has 1 aliphatic rings. The number of carbonyl (C=O) groups excluding carboxylic acids is 1. The molecule has 1 unspecified atom stereocenters. The Morgan fingerprint density at radius 2 is 2.45 bits per heavy atom. The number of carbonyl (C=O) groups is 2. The number of amides is 1. The number of carboxylic acids is 1. The van der Waals surface area contributed by atoms with Gasteiger partial charge in [0.2, 0.25) is 5.91 Å². The van der Waals surface area contributed by atoms with Crippen LogP contribution in [0.2, 0.25) is 0 Å². The van der Waals surface area contributed by atoms with Gasteiger partial charge < -0.3 is 15.2 Å². The Balaban J connectivity index is 2.70. The van der Waals surface area contributed by atoms with E-state index in [1.54, 1.807) is 0 Å². The van der Waals surface area contributed by atoms with Gasteiger partial charge in [-0.3, -0.25) is 4.79 Å². The molecule has 62 valence electrons. The molecule has 0 aromatic carbocycles. The van der Waals surface area contributed by atoms with Gasteiger partial charge in [-0.25, -0.2) is 4.79 Å². The van der Waals surface area contributed by atoms with Crippen LogP contribution in [0.25, 0.3) is 0 Å². The second-order valence-electron chi connectivity index (χ2n) is 2.68. The van der Waals surface area contributed by atoms with Crippen molar-refractivity contribution in [3.63, 3.8) is 0 Å². The molecule has 0 bridgehead atoms. The minimum absolute atomic E-state index is 0.0219. The SMILES string of the molecule is CC1(C(=O)O)COCC(=O)N1. The van der Waals surface area contributed by atoms with Gasteiger partial charge >= 0.3 is 5.97 Å². The molecule has 1 atom stereocenters. The number of carboxylic acid groups (broad SMARTS) is 1. The maximum absolute atomic E-state index is 10.7. The van der Waals surface area contributed by atoms with Gasteiger partial charge in [-0.15, -0.1) is 0 Å². The molecular weight excluding hydrogens is 150 g/mol. The van der Waals surface area contributed by atoms with E-state index in [0.29, 0.717) is 0 Å². The molecule has 0 spiro atoms. The molecule has 1 fully saturated rings. The monoisotopic (exact) mass is 159 g/mol. The fraction of sp³-hybridized carbons (Fsp3) is 0.667. The average molecular weight is 159 g/mol. The largest absolute Gasteiger partial charge is 0.479 e. The first kappa shape index (κ1) is 8.00. The zero-order valence-electron chi connectivity index (χ0n) is 6.09. The summed E-state index contributed by atoms with van der Waals surface area (Å²) in [6.45, 7) is 1.38. The molecule has 2 N–H and O–H groups in total. The minimum Gasteiger partial charge on any atom is -0.479 e. The average Bonchev–Trinajstić information content (AvgIpc) is 1.86. The van der Waals surface area contributed by atoms with Crippen LogP contribution in [-0.4, -0.2) is 35.7 Å². The Bertz CT molecular complexity index is 203. The molecule has 1 rings (SSSR count). The van der Waals surface area contributed by atoms with Gasteiger partial charge in [0, 0.05) is 0 Å². The lowest BCUT2D eigenvalue weighted by molar-refractivity contribution is -0.155. The Kier molecular flexibility index (Phi) is 1.82. The summed E-state index contributed by atoms with van der Waals surface area (Å²) >= 11 is 0. The Hall–Kier alpha value is -1.10. The molecule has 5 nitrogen and oxygen atoms in total. The van der Waals surface area contributed by atoms with Crippen molar-refractivity contribution in [2.45, 2.75) is 12.5 Å². The lowest BCUT2D eigenvalue weighted by Crippen LogP contribution is -2.59. The second kappa shape index (κ2) is 2.50. The highest BCUT2D eigenvalue weighted by Crippen LogP contribution is 2.08. The Morgan fingerprint density at radius 3 is 2.82 bits per heavy atom. The third kappa shape index (κ3) is 1.48. The fourth-order valence-corrected chi connectivity index (χ4v) is 0.843. The summed E-state index contributed by atoms with van der Waals surface area (Å²) in [4.78, 5) is 21.2. The molecule has 1 amide bonds. The van der Waals surface area contributed by atoms with Crippen LogP contribution in [0.15, 0.2) is 0 Å². The van der Waals surface area contributed by atoms with E-state index in [1.165, 1.54) is 6.92 Å². The number of morpholine rings is 1. The van der Waals surface area contributed by atoms with Gasteiger partial charge in [-0.2, -0.15) is 0 Å². The number of nitrogens with one attached hydrogen (secondary N) is 1. The number of aliphatic carboxylic acids is 1. The van der Waals surface area contributed by atoms with Crippen LogP contribution in [0.1, 0.15) is 6.92 Å². The molecule has 0 aromatic rings. The molecule has 11 heavy (non-hydrogen) atoms. The molecule has 5 heteroatoms. The van der Waals surface area contributed by atoms with E-state index < -0.39 is 11.5 Å². The summed E-state index contributed by atoms with van der Waals surface area (Å²) in [5, 5.41) is 10.9. The molecule has 0 saturated carbocycles. The maximum atomic E-state index is 10.7. The number of hydrogen-bond donors (Lipinski definition) is 2. The smallest absolute Gasteiger partial charge is 0.331 e. The normalized spacial score (nSPS) is 31.2. The van der Waals surface area contributed by atoms with Crippen molar-refractivity contribution >= 4 is 11.9 Å². The highest BCUT2D eigenvalue weighted by atomic mass is 16.5. The summed E-state index contributed by atoms with van der Waals surface area (Å²) in [5.41, 5.74) is -1.25. The van der Waals surface area contributed by atoms with Crippen LogP contribution in [0, 0.1) is 0 Å². The van der Waals surface area contributed by atoms with E-state index in [-0.39, 0.29) is 19.1 Å². The summed E-state index contributed by atoms with van der Waals surface area (Å²) in [6.07, 6.45) is 0. The van der Waals surface area contributed by atoms with Crippen LogP contribution in [0.3, 0.4) is 0 Å². The molecule has 1 aliphatic heterocycles. The topological polar surface area (TPSA) is 75.6 Å². The highest BCUT2D eigenvalue weighted by Gasteiger charge is 2.38. The zero-order valence-corrected chi connectivity index (χ0v) is 6.09. The predicted molar refractivity (Wildman–Crippen MR) is 35.0 cm³/mol. The van der Waals surface area contributed by atoms with Crippen molar-refractivity contribution in [1.82, 2.24) is 5.32 Å². The van der Waals surface area contributed by atoms with Gasteiger partial charge in [0.05, 0.1) is 6.61 Å². The molecule has 1 heterocycles. The van der Waals surface area contributed by atoms with Crippen molar-refractivity contribution in [3.8, 4) is 0 Å². The standard InChI is InChI=1S/C6H9NO4/c1-6(5(9)10)3-11-2-4(8)7-6/h2-3H2,1H3,(H,7,8)(H,9,10). The van der Waals surface area contributed by atoms with Gasteiger partial charge in [0.1, 0.15) is 6.61 Å². The number of ether oxygens (including phenoxy) is 1. The first-order valence-electron chi connectivity index (χ1n) is 3.17. The summed E-state index contributed by atoms with van der Waals surface area (Å²) < 4.78 is 4.77.